The van der Waals surface area contributed by atoms with Crippen molar-refractivity contribution < 1.29 is 4.79 Å². The van der Waals surface area contributed by atoms with E-state index >= 15 is 0 Å². The van der Waals surface area contributed by atoms with E-state index in [0.29, 0.717) is 16.5 Å². The molecule has 0 fully saturated rings. The lowest BCUT2D eigenvalue weighted by Gasteiger charge is -2.02. The van der Waals surface area contributed by atoms with Crippen LogP contribution >= 0.6 is 0 Å². The fourth-order valence-electron chi connectivity index (χ4n) is 2.04. The third-order valence-corrected chi connectivity index (χ3v) is 3.05. The molecule has 0 unspecified atom stereocenters. The van der Waals surface area contributed by atoms with E-state index in [1.807, 2.05) is 0 Å². The summed E-state index contributed by atoms with van der Waals surface area (Å²) in [5.41, 5.74) is 1.67. The Bertz CT molecular complexity index is 939. The highest BCUT2D eigenvalue weighted by molar-refractivity contribution is 5.89. The molecule has 7 nitrogen and oxygen atoms in total. The molecule has 0 aliphatic carbocycles. The zero-order chi connectivity index (χ0) is 15.5. The fourth-order valence-corrected chi connectivity index (χ4v) is 2.04. The summed E-state index contributed by atoms with van der Waals surface area (Å²) >= 11 is 0. The Kier molecular flexibility index (Phi) is 3.45. The predicted molar refractivity (Wildman–Crippen MR) is 80.8 cm³/mol. The lowest BCUT2D eigenvalue weighted by molar-refractivity contribution is 0.252. The van der Waals surface area contributed by atoms with Crippen LogP contribution in [0.25, 0.3) is 10.8 Å². The summed E-state index contributed by atoms with van der Waals surface area (Å²) in [6.07, 6.45) is 3.03. The minimum Gasteiger partial charge on any atom is -0.306 e. The second kappa shape index (κ2) is 5.57. The molecule has 0 spiro atoms. The van der Waals surface area contributed by atoms with Crippen LogP contribution in [0.15, 0.2) is 63.5 Å². The second-order valence-electron chi connectivity index (χ2n) is 4.47. The average molecular weight is 294 g/mol. The maximum atomic E-state index is 12.0. The Hall–Kier alpha value is -3.35. The number of benzene rings is 1. The first-order chi connectivity index (χ1) is 10.7. The molecule has 1 heterocycles. The number of rotatable bonds is 2. The van der Waals surface area contributed by atoms with Gasteiger partial charge in [0, 0.05) is 28.9 Å². The van der Waals surface area contributed by atoms with Gasteiger partial charge in [-0.1, -0.05) is 24.3 Å². The van der Waals surface area contributed by atoms with Gasteiger partial charge in [-0.05, 0) is 12.1 Å². The van der Waals surface area contributed by atoms with Gasteiger partial charge in [0.25, 0.3) is 0 Å². The topological polar surface area (TPSA) is 101 Å². The number of fused-ring (bicyclic) bond motifs is 1. The Morgan fingerprint density at radius 1 is 0.955 bits per heavy atom. The summed E-state index contributed by atoms with van der Waals surface area (Å²) in [5, 5.41) is 6.42. The van der Waals surface area contributed by atoms with E-state index in [0.717, 1.165) is 0 Å². The number of pyridine rings is 1. The van der Waals surface area contributed by atoms with E-state index in [-0.39, 0.29) is 5.36 Å². The Morgan fingerprint density at radius 2 is 1.55 bits per heavy atom. The molecule has 0 atom stereocenters. The molecule has 22 heavy (non-hydrogen) atoms. The normalized spacial score (nSPS) is 10.4. The Labute approximate surface area is 123 Å². The summed E-state index contributed by atoms with van der Waals surface area (Å²) in [4.78, 5) is 39.6. The average Bonchev–Trinajstić information content (AvgIpc) is 2.78. The van der Waals surface area contributed by atoms with Gasteiger partial charge in [-0.15, -0.1) is 0 Å². The first-order valence-corrected chi connectivity index (χ1v) is 6.40. The van der Waals surface area contributed by atoms with Crippen LogP contribution < -0.4 is 27.0 Å². The molecular formula is C15H10N4O3. The molecule has 1 aromatic heterocycles. The van der Waals surface area contributed by atoms with Crippen molar-refractivity contribution in [3.8, 4) is 0 Å². The van der Waals surface area contributed by atoms with Crippen LogP contribution in [0.4, 0.5) is 10.5 Å². The molecule has 0 saturated carbocycles. The van der Waals surface area contributed by atoms with Crippen LogP contribution in [0.5, 0.6) is 0 Å². The van der Waals surface area contributed by atoms with E-state index in [4.69, 9.17) is 0 Å². The molecule has 0 aliphatic heterocycles. The molecule has 0 bridgehead atoms. The molecule has 0 radical (unpaired) electrons. The number of nitrogens with one attached hydrogen (secondary N) is 2. The fraction of sp³-hybridized carbons (Fsp3) is 0. The molecule has 2 amide bonds. The number of carbonyl (C=O) groups excluding carboxylic acids is 1. The summed E-state index contributed by atoms with van der Waals surface area (Å²) in [5.74, 6) is 0. The van der Waals surface area contributed by atoms with Gasteiger partial charge in [0.15, 0.2) is 5.36 Å². The van der Waals surface area contributed by atoms with Crippen LogP contribution in [0.3, 0.4) is 0 Å². The van der Waals surface area contributed by atoms with E-state index in [9.17, 15) is 14.4 Å². The van der Waals surface area contributed by atoms with E-state index in [1.165, 1.54) is 12.4 Å². The standard InChI is InChI=1S/C15H10N4O3/c20-13-10-3-1-2-4-11(10)14(21)12(13)18-19-15(22)17-9-5-7-16-8-6-9/h1-8H,(H2,16,17,19,22). The summed E-state index contributed by atoms with van der Waals surface area (Å²) in [7, 11) is 0. The van der Waals surface area contributed by atoms with Gasteiger partial charge in [0.2, 0.25) is 10.9 Å². The van der Waals surface area contributed by atoms with Crippen molar-refractivity contribution in [2.75, 3.05) is 5.32 Å². The van der Waals surface area contributed by atoms with Crippen LogP contribution in [0, 0.1) is 0 Å². The molecule has 108 valence electrons. The number of urea groups is 1. The minimum absolute atomic E-state index is 0.294. The van der Waals surface area contributed by atoms with Crippen molar-refractivity contribution in [1.29, 1.82) is 0 Å². The largest absolute Gasteiger partial charge is 0.339 e. The minimum atomic E-state index is -0.657. The monoisotopic (exact) mass is 294 g/mol. The first kappa shape index (κ1) is 13.6. The van der Waals surface area contributed by atoms with Crippen LogP contribution in [-0.2, 0) is 0 Å². The number of anilines is 1. The molecular weight excluding hydrogens is 284 g/mol. The van der Waals surface area contributed by atoms with Crippen molar-refractivity contribution in [1.82, 2.24) is 10.4 Å². The van der Waals surface area contributed by atoms with Gasteiger partial charge in [-0.3, -0.25) is 14.6 Å². The molecule has 3 aromatic rings. The number of aromatic nitrogens is 1. The van der Waals surface area contributed by atoms with E-state index < -0.39 is 16.9 Å². The maximum Gasteiger partial charge on any atom is 0.339 e. The molecule has 2 aromatic carbocycles. The zero-order valence-electron chi connectivity index (χ0n) is 11.2. The highest BCUT2D eigenvalue weighted by atomic mass is 16.2. The van der Waals surface area contributed by atoms with E-state index in [1.54, 1.807) is 36.4 Å². The van der Waals surface area contributed by atoms with Gasteiger partial charge in [-0.2, -0.15) is 5.10 Å². The SMILES string of the molecule is O=C(NN=c1c(=O)c2ccccc2c1=O)Nc1ccncc1. The van der Waals surface area contributed by atoms with Crippen molar-refractivity contribution in [2.45, 2.75) is 0 Å². The lowest BCUT2D eigenvalue weighted by atomic mass is 10.2. The molecule has 2 N–H and O–H groups in total. The van der Waals surface area contributed by atoms with Gasteiger partial charge < -0.3 is 5.32 Å². The van der Waals surface area contributed by atoms with Crippen molar-refractivity contribution in [3.63, 3.8) is 0 Å². The number of hydrogen-bond acceptors (Lipinski definition) is 5. The van der Waals surface area contributed by atoms with Gasteiger partial charge in [-0.25, -0.2) is 10.2 Å². The second-order valence-corrected chi connectivity index (χ2v) is 4.47. The highest BCUT2D eigenvalue weighted by Crippen LogP contribution is 2.02. The van der Waals surface area contributed by atoms with Crippen LogP contribution in [0.2, 0.25) is 0 Å². The lowest BCUT2D eigenvalue weighted by Crippen LogP contribution is -2.36. The number of hydrogen-bond donors (Lipinski definition) is 2. The van der Waals surface area contributed by atoms with Crippen molar-refractivity contribution >= 4 is 22.5 Å². The van der Waals surface area contributed by atoms with Crippen LogP contribution in [0.1, 0.15) is 0 Å². The Balaban J connectivity index is 1.89. The van der Waals surface area contributed by atoms with Crippen molar-refractivity contribution in [2.24, 2.45) is 5.10 Å². The third-order valence-electron chi connectivity index (χ3n) is 3.05. The number of carbonyl (C=O) groups is 1. The predicted octanol–water partition coefficient (Wildman–Crippen LogP) is 0.468. The Morgan fingerprint density at radius 3 is 2.14 bits per heavy atom. The van der Waals surface area contributed by atoms with Gasteiger partial charge in [0.05, 0.1) is 0 Å². The summed E-state index contributed by atoms with van der Waals surface area (Å²) in [6, 6.07) is 8.95. The third kappa shape index (κ3) is 2.47. The zero-order valence-corrected chi connectivity index (χ0v) is 11.2. The molecule has 7 heteroatoms. The summed E-state index contributed by atoms with van der Waals surface area (Å²) in [6.45, 7) is 0. The van der Waals surface area contributed by atoms with Crippen LogP contribution in [-0.4, -0.2) is 11.0 Å². The molecule has 0 aliphatic rings. The van der Waals surface area contributed by atoms with E-state index in [2.05, 4.69) is 20.8 Å². The van der Waals surface area contributed by atoms with Gasteiger partial charge in [0.1, 0.15) is 0 Å². The van der Waals surface area contributed by atoms with Crippen molar-refractivity contribution in [3.05, 3.63) is 74.6 Å². The maximum absolute atomic E-state index is 12.0. The first-order valence-electron chi connectivity index (χ1n) is 6.40. The highest BCUT2D eigenvalue weighted by Gasteiger charge is 2.10. The quantitative estimate of drug-likeness (QED) is 0.671. The summed E-state index contributed by atoms with van der Waals surface area (Å²) < 4.78 is 0. The van der Waals surface area contributed by atoms with Gasteiger partial charge >= 0.3 is 6.03 Å². The number of nitrogens with zero attached hydrogens (tertiary/aromatic N) is 2. The molecule has 0 saturated heterocycles. The smallest absolute Gasteiger partial charge is 0.306 e. The molecule has 3 rings (SSSR count). The number of amides is 2.